The van der Waals surface area contributed by atoms with Crippen LogP contribution in [0.1, 0.15) is 39.2 Å². The lowest BCUT2D eigenvalue weighted by molar-refractivity contribution is 0.0606. The number of carbonyl (C=O) groups excluding carboxylic acids is 1. The Kier molecular flexibility index (Phi) is 3.64. The van der Waals surface area contributed by atoms with Gasteiger partial charge >= 0.3 is 5.97 Å². The van der Waals surface area contributed by atoms with E-state index in [0.29, 0.717) is 10.1 Å². The van der Waals surface area contributed by atoms with Gasteiger partial charge in [0.25, 0.3) is 0 Å². The summed E-state index contributed by atoms with van der Waals surface area (Å²) in [7, 11) is 1.40. The monoisotopic (exact) mass is 243 g/mol. The van der Waals surface area contributed by atoms with Crippen molar-refractivity contribution in [3.05, 3.63) is 16.1 Å². The Hall–Kier alpha value is -0.550. The van der Waals surface area contributed by atoms with Crippen molar-refractivity contribution in [3.63, 3.8) is 0 Å². The van der Waals surface area contributed by atoms with E-state index in [1.165, 1.54) is 43.5 Å². The zero-order valence-corrected chi connectivity index (χ0v) is 10.2. The summed E-state index contributed by atoms with van der Waals surface area (Å²) in [6.45, 7) is 0. The summed E-state index contributed by atoms with van der Waals surface area (Å²) in [4.78, 5) is 16.2. The average molecular weight is 243 g/mol. The van der Waals surface area contributed by atoms with Crippen LogP contribution in [0, 0.1) is 0 Å². The van der Waals surface area contributed by atoms with Crippen LogP contribution in [0.15, 0.2) is 6.20 Å². The molecule has 1 fully saturated rings. The molecule has 1 unspecified atom stereocenters. The number of carbonyl (C=O) groups is 1. The van der Waals surface area contributed by atoms with Crippen molar-refractivity contribution in [2.75, 3.05) is 12.9 Å². The Labute approximate surface area is 97.2 Å². The zero-order chi connectivity index (χ0) is 10.7. The molecule has 0 saturated carbocycles. The standard InChI is InChI=1S/C10H13NO2S2/c1-13-10(12)8-6-11-9(15-8)7-4-2-3-5-14-7/h6-7H,2-5H2,1H3. The summed E-state index contributed by atoms with van der Waals surface area (Å²) in [5.41, 5.74) is 0. The number of thioether (sulfide) groups is 1. The molecule has 3 nitrogen and oxygen atoms in total. The van der Waals surface area contributed by atoms with Gasteiger partial charge in [0, 0.05) is 0 Å². The fraction of sp³-hybridized carbons (Fsp3) is 0.600. The van der Waals surface area contributed by atoms with Crippen LogP contribution >= 0.6 is 23.1 Å². The summed E-state index contributed by atoms with van der Waals surface area (Å²) < 4.78 is 4.66. The van der Waals surface area contributed by atoms with Gasteiger partial charge in [-0.15, -0.1) is 11.3 Å². The highest BCUT2D eigenvalue weighted by molar-refractivity contribution is 7.99. The van der Waals surface area contributed by atoms with Gasteiger partial charge in [-0.1, -0.05) is 6.42 Å². The lowest BCUT2D eigenvalue weighted by Crippen LogP contribution is -2.01. The maximum absolute atomic E-state index is 11.3. The number of esters is 1. The number of hydrogen-bond acceptors (Lipinski definition) is 5. The molecule has 0 aliphatic carbocycles. The molecule has 0 N–H and O–H groups in total. The largest absolute Gasteiger partial charge is 0.465 e. The number of methoxy groups -OCH3 is 1. The molecule has 0 spiro atoms. The molecule has 1 aliphatic heterocycles. The summed E-state index contributed by atoms with van der Waals surface area (Å²) in [5, 5.41) is 1.56. The second-order valence-corrected chi connectivity index (χ2v) is 5.78. The van der Waals surface area contributed by atoms with Gasteiger partial charge in [-0.2, -0.15) is 11.8 Å². The fourth-order valence-corrected chi connectivity index (χ4v) is 3.96. The molecular formula is C10H13NO2S2. The molecule has 1 aromatic heterocycles. The van der Waals surface area contributed by atoms with Gasteiger partial charge in [-0.25, -0.2) is 9.78 Å². The molecule has 0 radical (unpaired) electrons. The molecule has 1 saturated heterocycles. The van der Waals surface area contributed by atoms with E-state index in [-0.39, 0.29) is 5.97 Å². The Bertz CT molecular complexity index is 345. The van der Waals surface area contributed by atoms with Crippen molar-refractivity contribution in [2.45, 2.75) is 24.5 Å². The maximum Gasteiger partial charge on any atom is 0.349 e. The first-order chi connectivity index (χ1) is 7.31. The van der Waals surface area contributed by atoms with Crippen molar-refractivity contribution in [1.29, 1.82) is 0 Å². The molecule has 2 heterocycles. The van der Waals surface area contributed by atoms with Crippen LogP contribution in [0.2, 0.25) is 0 Å². The first-order valence-corrected chi connectivity index (χ1v) is 6.83. The number of nitrogens with zero attached hydrogens (tertiary/aromatic N) is 1. The predicted octanol–water partition coefficient (Wildman–Crippen LogP) is 2.89. The SMILES string of the molecule is COC(=O)c1cnc(C2CCCCS2)s1. The van der Waals surface area contributed by atoms with Crippen molar-refractivity contribution < 1.29 is 9.53 Å². The minimum absolute atomic E-state index is 0.278. The summed E-state index contributed by atoms with van der Waals surface area (Å²) in [6.07, 6.45) is 5.38. The lowest BCUT2D eigenvalue weighted by atomic mass is 10.2. The second kappa shape index (κ2) is 4.99. The van der Waals surface area contributed by atoms with Crippen LogP contribution in [0.4, 0.5) is 0 Å². The van der Waals surface area contributed by atoms with Crippen LogP contribution in [-0.2, 0) is 4.74 Å². The smallest absolute Gasteiger partial charge is 0.349 e. The third-order valence-electron chi connectivity index (χ3n) is 2.37. The van der Waals surface area contributed by atoms with E-state index < -0.39 is 0 Å². The minimum Gasteiger partial charge on any atom is -0.465 e. The van der Waals surface area contributed by atoms with Gasteiger partial charge in [-0.3, -0.25) is 0 Å². The highest BCUT2D eigenvalue weighted by Crippen LogP contribution is 2.39. The number of hydrogen-bond donors (Lipinski definition) is 0. The Morgan fingerprint density at radius 1 is 1.60 bits per heavy atom. The van der Waals surface area contributed by atoms with Crippen LogP contribution in [0.5, 0.6) is 0 Å². The van der Waals surface area contributed by atoms with Crippen molar-refractivity contribution in [1.82, 2.24) is 4.98 Å². The first kappa shape index (κ1) is 11.0. The van der Waals surface area contributed by atoms with Crippen molar-refractivity contribution in [2.24, 2.45) is 0 Å². The van der Waals surface area contributed by atoms with Gasteiger partial charge in [0.1, 0.15) is 9.88 Å². The number of rotatable bonds is 2. The van der Waals surface area contributed by atoms with Crippen molar-refractivity contribution in [3.8, 4) is 0 Å². The van der Waals surface area contributed by atoms with Crippen LogP contribution in [0.25, 0.3) is 0 Å². The lowest BCUT2D eigenvalue weighted by Gasteiger charge is -2.18. The quantitative estimate of drug-likeness (QED) is 0.749. The van der Waals surface area contributed by atoms with E-state index in [9.17, 15) is 4.79 Å². The second-order valence-electron chi connectivity index (χ2n) is 3.41. The predicted molar refractivity (Wildman–Crippen MR) is 62.5 cm³/mol. The van der Waals surface area contributed by atoms with Gasteiger partial charge in [-0.05, 0) is 18.6 Å². The van der Waals surface area contributed by atoms with E-state index in [0.717, 1.165) is 5.01 Å². The van der Waals surface area contributed by atoms with E-state index in [1.54, 1.807) is 6.20 Å². The third-order valence-corrected chi connectivity index (χ3v) is 4.99. The molecule has 5 heteroatoms. The Morgan fingerprint density at radius 3 is 3.13 bits per heavy atom. The Morgan fingerprint density at radius 2 is 2.47 bits per heavy atom. The van der Waals surface area contributed by atoms with E-state index >= 15 is 0 Å². The van der Waals surface area contributed by atoms with E-state index in [1.807, 2.05) is 11.8 Å². The van der Waals surface area contributed by atoms with Crippen LogP contribution in [-0.4, -0.2) is 23.8 Å². The molecule has 0 bridgehead atoms. The highest BCUT2D eigenvalue weighted by atomic mass is 32.2. The maximum atomic E-state index is 11.3. The molecule has 0 amide bonds. The number of ether oxygens (including phenoxy) is 1. The summed E-state index contributed by atoms with van der Waals surface area (Å²) in [6, 6.07) is 0. The molecule has 1 aromatic rings. The summed E-state index contributed by atoms with van der Waals surface area (Å²) in [5.74, 6) is 0.928. The highest BCUT2D eigenvalue weighted by Gasteiger charge is 2.20. The van der Waals surface area contributed by atoms with Gasteiger partial charge in [0.05, 0.1) is 18.6 Å². The number of thiazole rings is 1. The van der Waals surface area contributed by atoms with Gasteiger partial charge in [0.15, 0.2) is 0 Å². The van der Waals surface area contributed by atoms with Crippen LogP contribution in [0.3, 0.4) is 0 Å². The molecular weight excluding hydrogens is 230 g/mol. The topological polar surface area (TPSA) is 39.2 Å². The van der Waals surface area contributed by atoms with Gasteiger partial charge < -0.3 is 4.74 Å². The van der Waals surface area contributed by atoms with Crippen LogP contribution < -0.4 is 0 Å². The van der Waals surface area contributed by atoms with E-state index in [2.05, 4.69) is 9.72 Å². The molecule has 2 rings (SSSR count). The molecule has 15 heavy (non-hydrogen) atoms. The zero-order valence-electron chi connectivity index (χ0n) is 8.56. The normalized spacial score (nSPS) is 21.3. The van der Waals surface area contributed by atoms with Crippen molar-refractivity contribution >= 4 is 29.1 Å². The minimum atomic E-state index is -0.278. The first-order valence-electron chi connectivity index (χ1n) is 4.97. The fourth-order valence-electron chi connectivity index (χ4n) is 1.57. The molecule has 1 aliphatic rings. The molecule has 1 atom stereocenters. The summed E-state index contributed by atoms with van der Waals surface area (Å²) >= 11 is 3.41. The molecule has 82 valence electrons. The third kappa shape index (κ3) is 2.52. The van der Waals surface area contributed by atoms with E-state index in [4.69, 9.17) is 0 Å². The number of aromatic nitrogens is 1. The average Bonchev–Trinajstić information content (AvgIpc) is 2.78. The van der Waals surface area contributed by atoms with Gasteiger partial charge in [0.2, 0.25) is 0 Å². The Balaban J connectivity index is 2.08. The molecule has 0 aromatic carbocycles.